The van der Waals surface area contributed by atoms with E-state index in [-0.39, 0.29) is 5.96 Å². The molecule has 0 aromatic carbocycles. The van der Waals surface area contributed by atoms with Crippen molar-refractivity contribution in [2.45, 2.75) is 25.3 Å². The zero-order chi connectivity index (χ0) is 11.0. The van der Waals surface area contributed by atoms with Crippen LogP contribution in [0.3, 0.4) is 0 Å². The lowest BCUT2D eigenvalue weighted by molar-refractivity contribution is -0.139. The Bertz CT molecular complexity index is 202. The molecular formula is C7H17N5O2. The van der Waals surface area contributed by atoms with E-state index in [0.717, 1.165) is 12.8 Å². The average molecular weight is 203 g/mol. The summed E-state index contributed by atoms with van der Waals surface area (Å²) in [4.78, 5) is 10.7. The van der Waals surface area contributed by atoms with E-state index >= 15 is 0 Å². The van der Waals surface area contributed by atoms with Gasteiger partial charge in [0.1, 0.15) is 6.04 Å². The molecule has 1 atom stereocenters. The van der Waals surface area contributed by atoms with Crippen molar-refractivity contribution < 1.29 is 9.90 Å². The Morgan fingerprint density at radius 3 is 2.50 bits per heavy atom. The molecule has 0 spiro atoms. The number of nitrogens with zero attached hydrogens (tertiary/aromatic N) is 1. The maximum absolute atomic E-state index is 10.7. The number of nitrogens with one attached hydrogen (secondary N) is 1. The number of aliphatic carboxylic acids is 1. The van der Waals surface area contributed by atoms with Gasteiger partial charge >= 0.3 is 5.97 Å². The van der Waals surface area contributed by atoms with Gasteiger partial charge in [-0.1, -0.05) is 0 Å². The quantitative estimate of drug-likeness (QED) is 0.145. The summed E-state index contributed by atoms with van der Waals surface area (Å²) in [7, 11) is 0. The number of guanidine groups is 1. The fourth-order valence-corrected chi connectivity index (χ4v) is 0.888. The van der Waals surface area contributed by atoms with E-state index in [4.69, 9.17) is 22.3 Å². The van der Waals surface area contributed by atoms with Crippen molar-refractivity contribution in [3.8, 4) is 0 Å². The number of carboxylic acids is 1. The Hall–Kier alpha value is -1.50. The van der Waals surface area contributed by atoms with Gasteiger partial charge in [-0.25, -0.2) is 4.79 Å². The average Bonchev–Trinajstić information content (AvgIpc) is 2.10. The normalized spacial score (nSPS) is 11.8. The third kappa shape index (κ3) is 6.06. The molecule has 0 aliphatic carbocycles. The van der Waals surface area contributed by atoms with Crippen molar-refractivity contribution in [3.63, 3.8) is 0 Å². The molecular weight excluding hydrogens is 186 g/mol. The van der Waals surface area contributed by atoms with Gasteiger partial charge in [-0.3, -0.25) is 5.43 Å². The SMILES string of the molecule is NCCCC[C@H](NN=C(N)N)C(=O)O. The molecule has 8 N–H and O–H groups in total. The van der Waals surface area contributed by atoms with E-state index < -0.39 is 12.0 Å². The van der Waals surface area contributed by atoms with Crippen LogP contribution in [0.15, 0.2) is 5.10 Å². The topological polar surface area (TPSA) is 140 Å². The number of carboxylic acid groups (broad SMARTS) is 1. The van der Waals surface area contributed by atoms with Crippen LogP contribution in [0, 0.1) is 0 Å². The van der Waals surface area contributed by atoms with Gasteiger partial charge in [-0.05, 0) is 25.8 Å². The predicted molar refractivity (Wildman–Crippen MR) is 53.3 cm³/mol. The largest absolute Gasteiger partial charge is 0.480 e. The minimum absolute atomic E-state index is 0.185. The first-order chi connectivity index (χ1) is 6.57. The van der Waals surface area contributed by atoms with E-state index in [0.29, 0.717) is 13.0 Å². The minimum atomic E-state index is -0.980. The molecule has 0 saturated carbocycles. The Morgan fingerprint density at radius 2 is 2.07 bits per heavy atom. The summed E-state index contributed by atoms with van der Waals surface area (Å²) in [5.41, 5.74) is 17.7. The van der Waals surface area contributed by atoms with Crippen LogP contribution in [-0.2, 0) is 4.79 Å². The predicted octanol–water partition coefficient (Wildman–Crippen LogP) is -1.65. The summed E-state index contributed by atoms with van der Waals surface area (Å²) in [6.07, 6.45) is 1.96. The molecule has 0 aliphatic rings. The highest BCUT2D eigenvalue weighted by Gasteiger charge is 2.15. The second-order valence-electron chi connectivity index (χ2n) is 2.84. The van der Waals surface area contributed by atoms with Crippen molar-refractivity contribution in [1.82, 2.24) is 5.43 Å². The third-order valence-electron chi connectivity index (χ3n) is 1.59. The molecule has 0 aliphatic heterocycles. The molecule has 0 unspecified atom stereocenters. The Morgan fingerprint density at radius 1 is 1.43 bits per heavy atom. The van der Waals surface area contributed by atoms with Crippen LogP contribution in [0.4, 0.5) is 0 Å². The first-order valence-corrected chi connectivity index (χ1v) is 4.35. The summed E-state index contributed by atoms with van der Waals surface area (Å²) in [5, 5.41) is 12.2. The van der Waals surface area contributed by atoms with Crippen LogP contribution in [0.25, 0.3) is 0 Å². The molecule has 0 amide bonds. The monoisotopic (exact) mass is 203 g/mol. The number of carbonyl (C=O) groups is 1. The van der Waals surface area contributed by atoms with Crippen LogP contribution < -0.4 is 22.6 Å². The molecule has 0 fully saturated rings. The lowest BCUT2D eigenvalue weighted by Crippen LogP contribution is -2.36. The first kappa shape index (κ1) is 12.5. The highest BCUT2D eigenvalue weighted by Crippen LogP contribution is 2.00. The summed E-state index contributed by atoms with van der Waals surface area (Å²) in [6.45, 7) is 0.550. The smallest absolute Gasteiger partial charge is 0.327 e. The number of rotatable bonds is 7. The fraction of sp³-hybridized carbons (Fsp3) is 0.714. The van der Waals surface area contributed by atoms with Crippen molar-refractivity contribution in [1.29, 1.82) is 0 Å². The van der Waals surface area contributed by atoms with Gasteiger partial charge in [0.2, 0.25) is 5.96 Å². The molecule has 0 radical (unpaired) electrons. The van der Waals surface area contributed by atoms with Gasteiger partial charge in [0, 0.05) is 0 Å². The van der Waals surface area contributed by atoms with Gasteiger partial charge < -0.3 is 22.3 Å². The van der Waals surface area contributed by atoms with Crippen molar-refractivity contribution in [2.75, 3.05) is 6.54 Å². The van der Waals surface area contributed by atoms with Crippen LogP contribution in [0.1, 0.15) is 19.3 Å². The van der Waals surface area contributed by atoms with E-state index in [9.17, 15) is 4.79 Å². The minimum Gasteiger partial charge on any atom is -0.480 e. The Kier molecular flexibility index (Phi) is 6.21. The summed E-state index contributed by atoms with van der Waals surface area (Å²) >= 11 is 0. The number of hydrogen-bond donors (Lipinski definition) is 5. The van der Waals surface area contributed by atoms with Gasteiger partial charge in [-0.2, -0.15) is 0 Å². The highest BCUT2D eigenvalue weighted by atomic mass is 16.4. The molecule has 0 rings (SSSR count). The second kappa shape index (κ2) is 6.96. The Labute approximate surface area is 82.3 Å². The van der Waals surface area contributed by atoms with Crippen LogP contribution >= 0.6 is 0 Å². The molecule has 0 aromatic rings. The maximum Gasteiger partial charge on any atom is 0.327 e. The molecule has 82 valence electrons. The maximum atomic E-state index is 10.7. The lowest BCUT2D eigenvalue weighted by atomic mass is 10.1. The molecule has 0 bridgehead atoms. The van der Waals surface area contributed by atoms with Crippen LogP contribution in [0.5, 0.6) is 0 Å². The highest BCUT2D eigenvalue weighted by molar-refractivity contribution is 5.76. The Balaban J connectivity index is 3.90. The van der Waals surface area contributed by atoms with Crippen molar-refractivity contribution in [3.05, 3.63) is 0 Å². The zero-order valence-corrected chi connectivity index (χ0v) is 7.94. The molecule has 7 heteroatoms. The number of hydrogen-bond acceptors (Lipinski definition) is 4. The summed E-state index contributed by atoms with van der Waals surface area (Å²) in [6, 6.07) is -0.761. The van der Waals surface area contributed by atoms with Crippen molar-refractivity contribution >= 4 is 11.9 Å². The van der Waals surface area contributed by atoms with Gasteiger partial charge in [0.05, 0.1) is 0 Å². The van der Waals surface area contributed by atoms with E-state index in [1.54, 1.807) is 0 Å². The van der Waals surface area contributed by atoms with Gasteiger partial charge in [0.15, 0.2) is 0 Å². The van der Waals surface area contributed by atoms with E-state index in [1.165, 1.54) is 0 Å². The molecule has 0 heterocycles. The van der Waals surface area contributed by atoms with E-state index in [2.05, 4.69) is 10.5 Å². The first-order valence-electron chi connectivity index (χ1n) is 4.35. The molecule has 0 aromatic heterocycles. The summed E-state index contributed by atoms with van der Waals surface area (Å²) < 4.78 is 0. The van der Waals surface area contributed by atoms with Crippen LogP contribution in [-0.4, -0.2) is 29.6 Å². The van der Waals surface area contributed by atoms with Crippen LogP contribution in [0.2, 0.25) is 0 Å². The van der Waals surface area contributed by atoms with Gasteiger partial charge in [0.25, 0.3) is 0 Å². The summed E-state index contributed by atoms with van der Waals surface area (Å²) in [5.74, 6) is -1.16. The fourth-order valence-electron chi connectivity index (χ4n) is 0.888. The second-order valence-corrected chi connectivity index (χ2v) is 2.84. The number of hydrazone groups is 1. The van der Waals surface area contributed by atoms with Crippen molar-refractivity contribution in [2.24, 2.45) is 22.3 Å². The number of nitrogens with two attached hydrogens (primary N) is 3. The molecule has 14 heavy (non-hydrogen) atoms. The lowest BCUT2D eigenvalue weighted by Gasteiger charge is -2.11. The van der Waals surface area contributed by atoms with E-state index in [1.807, 2.05) is 0 Å². The zero-order valence-electron chi connectivity index (χ0n) is 7.94. The standard InChI is InChI=1S/C7H17N5O2/c8-4-2-1-3-5(6(13)14)11-12-7(9)10/h5,11H,1-4,8H2,(H,13,14)(H4,9,10,12)/t5-/m0/s1. The third-order valence-corrected chi connectivity index (χ3v) is 1.59. The molecule has 0 saturated heterocycles. The van der Waals surface area contributed by atoms with Gasteiger partial charge in [-0.15, -0.1) is 5.10 Å². The number of unbranched alkanes of at least 4 members (excludes halogenated alkanes) is 1. The molecule has 7 nitrogen and oxygen atoms in total.